The largest absolute Gasteiger partial charge is 0.366 e. The van der Waals surface area contributed by atoms with E-state index in [0.29, 0.717) is 11.1 Å². The minimum Gasteiger partial charge on any atom is -0.366 e. The molecule has 0 aliphatic carbocycles. The first-order chi connectivity index (χ1) is 10.0. The van der Waals surface area contributed by atoms with Crippen LogP contribution in [0, 0.1) is 17.1 Å². The second-order valence-corrected chi connectivity index (χ2v) is 5.10. The van der Waals surface area contributed by atoms with Gasteiger partial charge in [0, 0.05) is 24.3 Å². The topological polar surface area (TPSA) is 53.0 Å². The van der Waals surface area contributed by atoms with Crippen LogP contribution in [0.15, 0.2) is 48.5 Å². The highest BCUT2D eigenvalue weighted by Crippen LogP contribution is 2.29. The number of halogens is 1. The number of likely N-dealkylation sites (N-methyl/N-ethyl adjacent to an activating group) is 1. The Hall–Kier alpha value is -2.38. The molecule has 0 saturated carbocycles. The molecule has 2 aromatic carbocycles. The van der Waals surface area contributed by atoms with Crippen LogP contribution in [-0.2, 0) is 0 Å². The summed E-state index contributed by atoms with van der Waals surface area (Å²) < 4.78 is 14.1. The number of nitrogens with zero attached hydrogens (tertiary/aromatic N) is 2. The standard InChI is InChI=1S/C17H18FN3/c1-12(20)17(15-5-3-4-6-16(15)18)21(2)14-9-7-13(11-19)8-10-14/h3-10,12,17H,20H2,1-2H3. The molecule has 0 saturated heterocycles. The van der Waals surface area contributed by atoms with Gasteiger partial charge in [-0.3, -0.25) is 0 Å². The quantitative estimate of drug-likeness (QED) is 0.937. The number of hydrogen-bond donors (Lipinski definition) is 1. The van der Waals surface area contributed by atoms with E-state index in [1.54, 1.807) is 30.3 Å². The molecule has 3 nitrogen and oxygen atoms in total. The lowest BCUT2D eigenvalue weighted by molar-refractivity contribution is 0.517. The Labute approximate surface area is 124 Å². The highest BCUT2D eigenvalue weighted by Gasteiger charge is 2.24. The molecule has 0 aliphatic rings. The van der Waals surface area contributed by atoms with Crippen molar-refractivity contribution < 1.29 is 4.39 Å². The fourth-order valence-corrected chi connectivity index (χ4v) is 2.49. The Morgan fingerprint density at radius 2 is 1.76 bits per heavy atom. The van der Waals surface area contributed by atoms with E-state index in [-0.39, 0.29) is 17.9 Å². The fraction of sp³-hybridized carbons (Fsp3) is 0.235. The third-order valence-corrected chi connectivity index (χ3v) is 3.54. The van der Waals surface area contributed by atoms with Crippen molar-refractivity contribution in [1.82, 2.24) is 0 Å². The summed E-state index contributed by atoms with van der Waals surface area (Å²) in [5.41, 5.74) is 8.12. The van der Waals surface area contributed by atoms with Crippen molar-refractivity contribution in [2.24, 2.45) is 5.73 Å². The molecular formula is C17H18FN3. The maximum absolute atomic E-state index is 14.1. The molecule has 0 aliphatic heterocycles. The van der Waals surface area contributed by atoms with Crippen LogP contribution in [0.25, 0.3) is 0 Å². The predicted octanol–water partition coefficient (Wildman–Crippen LogP) is 3.22. The summed E-state index contributed by atoms with van der Waals surface area (Å²) in [7, 11) is 1.88. The molecule has 2 aromatic rings. The maximum Gasteiger partial charge on any atom is 0.128 e. The van der Waals surface area contributed by atoms with E-state index < -0.39 is 0 Å². The average molecular weight is 283 g/mol. The number of anilines is 1. The van der Waals surface area contributed by atoms with Crippen molar-refractivity contribution in [1.29, 1.82) is 5.26 Å². The van der Waals surface area contributed by atoms with Gasteiger partial charge in [-0.25, -0.2) is 4.39 Å². The van der Waals surface area contributed by atoms with Crippen LogP contribution in [0.5, 0.6) is 0 Å². The molecule has 0 spiro atoms. The van der Waals surface area contributed by atoms with Crippen LogP contribution in [0.2, 0.25) is 0 Å². The van der Waals surface area contributed by atoms with Crippen molar-refractivity contribution in [3.8, 4) is 6.07 Å². The molecule has 0 fully saturated rings. The number of nitrogens with two attached hydrogens (primary N) is 1. The van der Waals surface area contributed by atoms with E-state index in [2.05, 4.69) is 6.07 Å². The molecule has 2 N–H and O–H groups in total. The number of benzene rings is 2. The van der Waals surface area contributed by atoms with Gasteiger partial charge in [-0.1, -0.05) is 18.2 Å². The third kappa shape index (κ3) is 3.21. The van der Waals surface area contributed by atoms with E-state index in [1.807, 2.05) is 31.0 Å². The van der Waals surface area contributed by atoms with E-state index in [4.69, 9.17) is 11.0 Å². The van der Waals surface area contributed by atoms with Gasteiger partial charge < -0.3 is 10.6 Å². The lowest BCUT2D eigenvalue weighted by Gasteiger charge is -2.33. The highest BCUT2D eigenvalue weighted by atomic mass is 19.1. The lowest BCUT2D eigenvalue weighted by atomic mass is 9.98. The summed E-state index contributed by atoms with van der Waals surface area (Å²) in [6.07, 6.45) is 0. The van der Waals surface area contributed by atoms with E-state index in [9.17, 15) is 4.39 Å². The van der Waals surface area contributed by atoms with Crippen LogP contribution in [0.3, 0.4) is 0 Å². The van der Waals surface area contributed by atoms with Crippen molar-refractivity contribution in [2.75, 3.05) is 11.9 Å². The Morgan fingerprint density at radius 1 is 1.14 bits per heavy atom. The van der Waals surface area contributed by atoms with Gasteiger partial charge in [0.1, 0.15) is 5.82 Å². The van der Waals surface area contributed by atoms with Gasteiger partial charge in [0.2, 0.25) is 0 Å². The molecule has 2 unspecified atom stereocenters. The molecule has 0 heterocycles. The molecule has 0 amide bonds. The Kier molecular flexibility index (Phi) is 4.56. The molecule has 21 heavy (non-hydrogen) atoms. The predicted molar refractivity (Wildman–Crippen MR) is 82.4 cm³/mol. The Bertz CT molecular complexity index is 644. The molecule has 0 radical (unpaired) electrons. The number of rotatable bonds is 4. The van der Waals surface area contributed by atoms with Crippen LogP contribution in [0.1, 0.15) is 24.1 Å². The lowest BCUT2D eigenvalue weighted by Crippen LogP contribution is -2.37. The average Bonchev–Trinajstić information content (AvgIpc) is 2.49. The smallest absolute Gasteiger partial charge is 0.128 e. The van der Waals surface area contributed by atoms with Gasteiger partial charge in [0.15, 0.2) is 0 Å². The van der Waals surface area contributed by atoms with Crippen LogP contribution in [-0.4, -0.2) is 13.1 Å². The normalized spacial score (nSPS) is 13.3. The summed E-state index contributed by atoms with van der Waals surface area (Å²) in [5.74, 6) is -0.264. The third-order valence-electron chi connectivity index (χ3n) is 3.54. The first-order valence-corrected chi connectivity index (χ1v) is 6.77. The van der Waals surface area contributed by atoms with Crippen molar-refractivity contribution >= 4 is 5.69 Å². The van der Waals surface area contributed by atoms with E-state index >= 15 is 0 Å². The Balaban J connectivity index is 2.38. The second-order valence-electron chi connectivity index (χ2n) is 5.10. The maximum atomic E-state index is 14.1. The Morgan fingerprint density at radius 3 is 2.29 bits per heavy atom. The summed E-state index contributed by atoms with van der Waals surface area (Å²) in [5, 5.41) is 8.85. The van der Waals surface area contributed by atoms with Gasteiger partial charge in [0.05, 0.1) is 17.7 Å². The zero-order valence-corrected chi connectivity index (χ0v) is 12.1. The minimum atomic E-state index is -0.279. The summed E-state index contributed by atoms with van der Waals surface area (Å²) in [4.78, 5) is 1.93. The van der Waals surface area contributed by atoms with Gasteiger partial charge >= 0.3 is 0 Å². The van der Waals surface area contributed by atoms with Gasteiger partial charge in [-0.15, -0.1) is 0 Å². The first kappa shape index (κ1) is 15.0. The first-order valence-electron chi connectivity index (χ1n) is 6.77. The SMILES string of the molecule is CC(N)C(c1ccccc1F)N(C)c1ccc(C#N)cc1. The highest BCUT2D eigenvalue weighted by molar-refractivity contribution is 5.51. The van der Waals surface area contributed by atoms with E-state index in [0.717, 1.165) is 5.69 Å². The second kappa shape index (κ2) is 6.38. The monoisotopic (exact) mass is 283 g/mol. The van der Waals surface area contributed by atoms with Crippen LogP contribution in [0.4, 0.5) is 10.1 Å². The number of hydrogen-bond acceptors (Lipinski definition) is 3. The molecular weight excluding hydrogens is 265 g/mol. The van der Waals surface area contributed by atoms with Gasteiger partial charge in [0.25, 0.3) is 0 Å². The van der Waals surface area contributed by atoms with Crippen LogP contribution >= 0.6 is 0 Å². The molecule has 2 rings (SSSR count). The van der Waals surface area contributed by atoms with Crippen molar-refractivity contribution in [3.63, 3.8) is 0 Å². The summed E-state index contributed by atoms with van der Waals surface area (Å²) >= 11 is 0. The molecule has 2 atom stereocenters. The molecule has 0 bridgehead atoms. The van der Waals surface area contributed by atoms with Crippen molar-refractivity contribution in [2.45, 2.75) is 19.0 Å². The molecule has 4 heteroatoms. The van der Waals surface area contributed by atoms with Crippen LogP contribution < -0.4 is 10.6 Å². The van der Waals surface area contributed by atoms with Gasteiger partial charge in [-0.05, 0) is 37.3 Å². The zero-order valence-electron chi connectivity index (χ0n) is 12.1. The van der Waals surface area contributed by atoms with E-state index in [1.165, 1.54) is 6.07 Å². The summed E-state index contributed by atoms with van der Waals surface area (Å²) in [6.45, 7) is 1.86. The van der Waals surface area contributed by atoms with Gasteiger partial charge in [-0.2, -0.15) is 5.26 Å². The van der Waals surface area contributed by atoms with Crippen molar-refractivity contribution in [3.05, 3.63) is 65.5 Å². The molecule has 0 aromatic heterocycles. The number of nitriles is 1. The molecule has 108 valence electrons. The summed E-state index contributed by atoms with van der Waals surface area (Å²) in [6, 6.07) is 15.4. The zero-order chi connectivity index (χ0) is 15.4. The minimum absolute atomic E-state index is 0.248. The fourth-order valence-electron chi connectivity index (χ4n) is 2.49.